The lowest BCUT2D eigenvalue weighted by molar-refractivity contribution is -0.109. The zero-order valence-electron chi connectivity index (χ0n) is 16.1. The van der Waals surface area contributed by atoms with Gasteiger partial charge in [0.05, 0.1) is 18.4 Å². The number of ether oxygens (including phenoxy) is 3. The largest absolute Gasteiger partial charge is 0.493 e. The predicted octanol–water partition coefficient (Wildman–Crippen LogP) is 4.57. The number of hydrogen-bond acceptors (Lipinski definition) is 7. The number of thiophene rings is 1. The Kier molecular flexibility index (Phi) is 7.80. The Morgan fingerprint density at radius 3 is 2.59 bits per heavy atom. The van der Waals surface area contributed by atoms with E-state index < -0.39 is 0 Å². The Hall–Kier alpha value is -2.68. The summed E-state index contributed by atoms with van der Waals surface area (Å²) < 4.78 is 21.2. The van der Waals surface area contributed by atoms with Crippen molar-refractivity contribution in [2.24, 2.45) is 0 Å². The van der Waals surface area contributed by atoms with E-state index in [0.29, 0.717) is 36.7 Å². The van der Waals surface area contributed by atoms with Gasteiger partial charge in [-0.1, -0.05) is 18.2 Å². The molecule has 3 aromatic rings. The molecule has 0 aliphatic heterocycles. The first-order valence-corrected chi connectivity index (χ1v) is 10.6. The molecule has 0 saturated carbocycles. The fourth-order valence-corrected chi connectivity index (χ4v) is 4.45. The van der Waals surface area contributed by atoms with Crippen LogP contribution in [0.2, 0.25) is 0 Å². The highest BCUT2D eigenvalue weighted by Gasteiger charge is 2.14. The Bertz CT molecular complexity index is 946. The molecule has 29 heavy (non-hydrogen) atoms. The number of nitrogens with one attached hydrogen (secondary N) is 2. The van der Waals surface area contributed by atoms with Crippen molar-refractivity contribution in [1.29, 1.82) is 0 Å². The molecule has 0 fully saturated rings. The van der Waals surface area contributed by atoms with E-state index in [2.05, 4.69) is 21.5 Å². The third kappa shape index (κ3) is 5.44. The van der Waals surface area contributed by atoms with Gasteiger partial charge in [0.15, 0.2) is 11.5 Å². The van der Waals surface area contributed by atoms with Crippen molar-refractivity contribution in [3.63, 3.8) is 0 Å². The van der Waals surface area contributed by atoms with Crippen molar-refractivity contribution in [2.45, 2.75) is 4.21 Å². The van der Waals surface area contributed by atoms with E-state index in [1.165, 1.54) is 0 Å². The number of carbonyl (C=O) groups excluding carboxylic acids is 1. The summed E-state index contributed by atoms with van der Waals surface area (Å²) in [6.07, 6.45) is 0.699. The summed E-state index contributed by atoms with van der Waals surface area (Å²) in [5.74, 6) is 2.68. The quantitative estimate of drug-likeness (QED) is 0.264. The molecule has 2 N–H and O–H groups in total. The van der Waals surface area contributed by atoms with Crippen LogP contribution in [0, 0.1) is 0 Å². The summed E-state index contributed by atoms with van der Waals surface area (Å²) in [6, 6.07) is 15.5. The van der Waals surface area contributed by atoms with Gasteiger partial charge in [-0.3, -0.25) is 9.52 Å². The number of amides is 1. The van der Waals surface area contributed by atoms with E-state index >= 15 is 0 Å². The lowest BCUT2D eigenvalue weighted by atomic mass is 10.1. The van der Waals surface area contributed by atoms with E-state index in [0.717, 1.165) is 21.1 Å². The topological polar surface area (TPSA) is 68.8 Å². The Balaban J connectivity index is 1.80. The van der Waals surface area contributed by atoms with Crippen LogP contribution in [0.4, 0.5) is 0 Å². The second kappa shape index (κ2) is 10.8. The van der Waals surface area contributed by atoms with E-state index in [9.17, 15) is 4.79 Å². The molecule has 8 heteroatoms. The number of benzene rings is 2. The number of rotatable bonds is 11. The maximum Gasteiger partial charge on any atom is 0.207 e. The molecule has 1 aromatic heterocycles. The van der Waals surface area contributed by atoms with Crippen molar-refractivity contribution >= 4 is 29.7 Å². The van der Waals surface area contributed by atoms with Gasteiger partial charge in [-0.25, -0.2) is 0 Å². The normalized spacial score (nSPS) is 10.4. The van der Waals surface area contributed by atoms with Crippen molar-refractivity contribution in [3.05, 3.63) is 53.9 Å². The van der Waals surface area contributed by atoms with Gasteiger partial charge in [-0.15, -0.1) is 11.3 Å². The molecule has 6 nitrogen and oxygen atoms in total. The monoisotopic (exact) mass is 430 g/mol. The van der Waals surface area contributed by atoms with Gasteiger partial charge in [0.2, 0.25) is 6.41 Å². The molecular weight excluding hydrogens is 408 g/mol. The standard InChI is InChI=1S/C21H22N2O4S2/c1-25-19-8-7-15(13-20(19)26-2)27-18-6-4-3-5-16(18)17-9-12-28-21(17)29-23-11-10-22-14-24/h3-9,12-14,23H,10-11H2,1-2H3,(H,22,24). The van der Waals surface area contributed by atoms with Crippen molar-refractivity contribution in [3.8, 4) is 34.1 Å². The third-order valence-electron chi connectivity index (χ3n) is 4.01. The van der Waals surface area contributed by atoms with Crippen LogP contribution in [0.1, 0.15) is 0 Å². The third-order valence-corrected chi connectivity index (χ3v) is 6.01. The molecule has 152 valence electrons. The minimum atomic E-state index is 0.580. The highest BCUT2D eigenvalue weighted by molar-refractivity contribution is 7.99. The highest BCUT2D eigenvalue weighted by atomic mass is 32.2. The van der Waals surface area contributed by atoms with E-state index in [-0.39, 0.29) is 0 Å². The molecule has 1 amide bonds. The Morgan fingerprint density at radius 1 is 0.966 bits per heavy atom. The second-order valence-electron chi connectivity index (χ2n) is 5.81. The number of methoxy groups -OCH3 is 2. The number of carbonyl (C=O) groups is 1. The lowest BCUT2D eigenvalue weighted by Gasteiger charge is -2.14. The highest BCUT2D eigenvalue weighted by Crippen LogP contribution is 2.41. The number of para-hydroxylation sites is 1. The average Bonchev–Trinajstić information content (AvgIpc) is 3.22. The molecule has 0 radical (unpaired) electrons. The minimum absolute atomic E-state index is 0.580. The van der Waals surface area contributed by atoms with E-state index in [1.807, 2.05) is 36.4 Å². The van der Waals surface area contributed by atoms with Crippen LogP contribution in [0.3, 0.4) is 0 Å². The summed E-state index contributed by atoms with van der Waals surface area (Å²) in [5, 5.41) is 4.69. The second-order valence-corrected chi connectivity index (χ2v) is 7.88. The van der Waals surface area contributed by atoms with Crippen molar-refractivity contribution in [2.75, 3.05) is 27.3 Å². The maximum atomic E-state index is 10.3. The van der Waals surface area contributed by atoms with Gasteiger partial charge < -0.3 is 19.5 Å². The summed E-state index contributed by atoms with van der Waals surface area (Å²) in [7, 11) is 3.20. The van der Waals surface area contributed by atoms with Gasteiger partial charge in [-0.05, 0) is 41.6 Å². The molecule has 2 aromatic carbocycles. The first kappa shape index (κ1) is 21.0. The molecule has 0 unspecified atom stereocenters. The molecule has 0 atom stereocenters. The van der Waals surface area contributed by atoms with Crippen molar-refractivity contribution < 1.29 is 19.0 Å². The van der Waals surface area contributed by atoms with Crippen LogP contribution >= 0.6 is 23.3 Å². The summed E-state index contributed by atoms with van der Waals surface area (Å²) in [4.78, 5) is 10.3. The molecule has 0 aliphatic rings. The maximum absolute atomic E-state index is 10.3. The fourth-order valence-electron chi connectivity index (χ4n) is 2.66. The molecule has 0 saturated heterocycles. The lowest BCUT2D eigenvalue weighted by Crippen LogP contribution is -2.22. The summed E-state index contributed by atoms with van der Waals surface area (Å²) in [5.41, 5.74) is 2.09. The molecule has 0 aliphatic carbocycles. The first-order chi connectivity index (χ1) is 14.3. The van der Waals surface area contributed by atoms with Gasteiger partial charge in [0, 0.05) is 30.3 Å². The van der Waals surface area contributed by atoms with Gasteiger partial charge >= 0.3 is 0 Å². The number of hydrogen-bond donors (Lipinski definition) is 2. The van der Waals surface area contributed by atoms with Crippen LogP contribution in [0.25, 0.3) is 11.1 Å². The van der Waals surface area contributed by atoms with Crippen LogP contribution < -0.4 is 24.2 Å². The smallest absolute Gasteiger partial charge is 0.207 e. The fraction of sp³-hybridized carbons (Fsp3) is 0.190. The zero-order valence-corrected chi connectivity index (χ0v) is 17.8. The Morgan fingerprint density at radius 2 is 1.79 bits per heavy atom. The van der Waals surface area contributed by atoms with Crippen LogP contribution in [-0.2, 0) is 4.79 Å². The van der Waals surface area contributed by atoms with Gasteiger partial charge in [0.1, 0.15) is 11.5 Å². The van der Waals surface area contributed by atoms with Gasteiger partial charge in [0.25, 0.3) is 0 Å². The predicted molar refractivity (Wildman–Crippen MR) is 117 cm³/mol. The van der Waals surface area contributed by atoms with E-state index in [1.54, 1.807) is 43.6 Å². The molecule has 0 spiro atoms. The average molecular weight is 431 g/mol. The van der Waals surface area contributed by atoms with Crippen LogP contribution in [0.15, 0.2) is 58.1 Å². The summed E-state index contributed by atoms with van der Waals surface area (Å²) in [6.45, 7) is 1.25. The summed E-state index contributed by atoms with van der Waals surface area (Å²) >= 11 is 3.20. The van der Waals surface area contributed by atoms with E-state index in [4.69, 9.17) is 14.2 Å². The van der Waals surface area contributed by atoms with Crippen LogP contribution in [0.5, 0.6) is 23.0 Å². The molecule has 0 bridgehead atoms. The minimum Gasteiger partial charge on any atom is -0.493 e. The first-order valence-electron chi connectivity index (χ1n) is 8.90. The van der Waals surface area contributed by atoms with Crippen LogP contribution in [-0.4, -0.2) is 33.7 Å². The zero-order chi connectivity index (χ0) is 20.5. The molecular formula is C21H22N2O4S2. The Labute approximate surface area is 178 Å². The molecule has 3 rings (SSSR count). The molecule has 1 heterocycles. The van der Waals surface area contributed by atoms with Crippen molar-refractivity contribution in [1.82, 2.24) is 10.0 Å². The van der Waals surface area contributed by atoms with Gasteiger partial charge in [-0.2, -0.15) is 0 Å². The SMILES string of the molecule is COc1ccc(Oc2ccccc2-c2ccsc2SNCCNC=O)cc1OC.